The van der Waals surface area contributed by atoms with E-state index in [0.29, 0.717) is 11.5 Å². The van der Waals surface area contributed by atoms with E-state index in [-0.39, 0.29) is 10.8 Å². The van der Waals surface area contributed by atoms with Crippen molar-refractivity contribution < 1.29 is 14.6 Å². The first-order valence-electron chi connectivity index (χ1n) is 10.9. The Hall–Kier alpha value is -2.55. The second-order valence-corrected chi connectivity index (χ2v) is 9.30. The van der Waals surface area contributed by atoms with Gasteiger partial charge in [-0.1, -0.05) is 84.7 Å². The molecule has 0 spiro atoms. The van der Waals surface area contributed by atoms with Crippen LogP contribution in [0.4, 0.5) is 0 Å². The van der Waals surface area contributed by atoms with Crippen LogP contribution in [0.5, 0.6) is 11.5 Å². The summed E-state index contributed by atoms with van der Waals surface area (Å²) in [5.74, 6) is 0.378. The van der Waals surface area contributed by atoms with Gasteiger partial charge in [0.25, 0.3) is 0 Å². The molecule has 3 nitrogen and oxygen atoms in total. The SMILES string of the molecule is CCCC(C)(C)c1cc(OC(=O)/C=C/c2ccccc2)cc(C(C)(C)CCC)c1O. The number of benzene rings is 2. The van der Waals surface area contributed by atoms with Gasteiger partial charge in [0.2, 0.25) is 0 Å². The van der Waals surface area contributed by atoms with Gasteiger partial charge >= 0.3 is 5.97 Å². The Morgan fingerprint density at radius 1 is 0.933 bits per heavy atom. The summed E-state index contributed by atoms with van der Waals surface area (Å²) in [4.78, 5) is 12.5. The third kappa shape index (κ3) is 5.98. The fourth-order valence-corrected chi connectivity index (χ4v) is 4.10. The summed E-state index contributed by atoms with van der Waals surface area (Å²) in [6.07, 6.45) is 7.05. The Morgan fingerprint density at radius 2 is 1.43 bits per heavy atom. The monoisotopic (exact) mass is 408 g/mol. The minimum atomic E-state index is -0.428. The van der Waals surface area contributed by atoms with E-state index in [1.54, 1.807) is 6.08 Å². The zero-order valence-corrected chi connectivity index (χ0v) is 19.3. The van der Waals surface area contributed by atoms with Crippen LogP contribution in [0.1, 0.15) is 83.9 Å². The second-order valence-electron chi connectivity index (χ2n) is 9.30. The molecule has 0 saturated carbocycles. The molecule has 3 heteroatoms. The van der Waals surface area contributed by atoms with Crippen LogP contribution in [-0.2, 0) is 15.6 Å². The molecular formula is C27H36O3. The predicted octanol–water partition coefficient (Wildman–Crippen LogP) is 7.17. The second kappa shape index (κ2) is 9.97. The minimum Gasteiger partial charge on any atom is -0.507 e. The van der Waals surface area contributed by atoms with Gasteiger partial charge < -0.3 is 9.84 Å². The van der Waals surface area contributed by atoms with Crippen LogP contribution in [0.2, 0.25) is 0 Å². The lowest BCUT2D eigenvalue weighted by Gasteiger charge is -2.32. The standard InChI is InChI=1S/C27H36O3/c1-7-16-26(3,4)22-18-21(19-23(25(22)29)27(5,6)17-8-2)30-24(28)15-14-20-12-10-9-11-13-20/h9-15,18-19,29H,7-8,16-17H2,1-6H3/b15-14+. The lowest BCUT2D eigenvalue weighted by Crippen LogP contribution is -2.22. The molecule has 1 N–H and O–H groups in total. The van der Waals surface area contributed by atoms with Crippen molar-refractivity contribution in [1.29, 1.82) is 0 Å². The lowest BCUT2D eigenvalue weighted by molar-refractivity contribution is -0.128. The number of esters is 1. The molecule has 0 aromatic heterocycles. The maximum atomic E-state index is 12.5. The van der Waals surface area contributed by atoms with Crippen molar-refractivity contribution in [3.05, 3.63) is 65.2 Å². The summed E-state index contributed by atoms with van der Waals surface area (Å²) >= 11 is 0. The van der Waals surface area contributed by atoms with E-state index in [2.05, 4.69) is 41.5 Å². The van der Waals surface area contributed by atoms with Gasteiger partial charge in [-0.3, -0.25) is 0 Å². The average molecular weight is 409 g/mol. The number of hydrogen-bond acceptors (Lipinski definition) is 3. The van der Waals surface area contributed by atoms with Crippen LogP contribution in [0.25, 0.3) is 6.08 Å². The summed E-state index contributed by atoms with van der Waals surface area (Å²) in [5, 5.41) is 11.2. The highest BCUT2D eigenvalue weighted by Crippen LogP contribution is 2.44. The Bertz CT molecular complexity index is 837. The number of phenolic OH excluding ortho intramolecular Hbond substituents is 1. The van der Waals surface area contributed by atoms with E-state index in [9.17, 15) is 9.90 Å². The molecule has 0 aliphatic carbocycles. The van der Waals surface area contributed by atoms with Crippen molar-refractivity contribution in [2.75, 3.05) is 0 Å². The van der Waals surface area contributed by atoms with Crippen molar-refractivity contribution in [2.45, 2.75) is 78.1 Å². The van der Waals surface area contributed by atoms with Gasteiger partial charge in [-0.15, -0.1) is 0 Å². The number of phenols is 1. The van der Waals surface area contributed by atoms with Gasteiger partial charge in [0, 0.05) is 17.2 Å². The van der Waals surface area contributed by atoms with Crippen LogP contribution >= 0.6 is 0 Å². The van der Waals surface area contributed by atoms with Crippen LogP contribution in [0.3, 0.4) is 0 Å². The first kappa shape index (κ1) is 23.7. The molecule has 0 atom stereocenters. The zero-order chi connectivity index (χ0) is 22.4. The molecule has 0 heterocycles. The first-order valence-corrected chi connectivity index (χ1v) is 10.9. The van der Waals surface area contributed by atoms with E-state index >= 15 is 0 Å². The van der Waals surface area contributed by atoms with Crippen LogP contribution in [0.15, 0.2) is 48.5 Å². The Labute approximate surface area is 181 Å². The van der Waals surface area contributed by atoms with Gasteiger partial charge in [0.1, 0.15) is 11.5 Å². The first-order chi connectivity index (χ1) is 14.1. The average Bonchev–Trinajstić information content (AvgIpc) is 2.68. The summed E-state index contributed by atoms with van der Waals surface area (Å²) in [6, 6.07) is 13.3. The fourth-order valence-electron chi connectivity index (χ4n) is 4.10. The van der Waals surface area contributed by atoms with Gasteiger partial charge in [0.05, 0.1) is 0 Å². The molecule has 30 heavy (non-hydrogen) atoms. The summed E-state index contributed by atoms with van der Waals surface area (Å²) in [6.45, 7) is 12.8. The van der Waals surface area contributed by atoms with Crippen LogP contribution < -0.4 is 4.74 Å². The molecule has 2 aromatic rings. The number of ether oxygens (including phenoxy) is 1. The van der Waals surface area contributed by atoms with Crippen molar-refractivity contribution in [3.8, 4) is 11.5 Å². The molecule has 162 valence electrons. The molecule has 0 radical (unpaired) electrons. The van der Waals surface area contributed by atoms with Gasteiger partial charge in [-0.25, -0.2) is 4.79 Å². The Kier molecular flexibility index (Phi) is 7.89. The van der Waals surface area contributed by atoms with Gasteiger partial charge in [0.15, 0.2) is 0 Å². The van der Waals surface area contributed by atoms with Crippen molar-refractivity contribution >= 4 is 12.0 Å². The van der Waals surface area contributed by atoms with Crippen LogP contribution in [-0.4, -0.2) is 11.1 Å². The highest BCUT2D eigenvalue weighted by atomic mass is 16.5. The molecule has 0 saturated heterocycles. The molecule has 0 bridgehead atoms. The topological polar surface area (TPSA) is 46.5 Å². The number of carbonyl (C=O) groups excluding carboxylic acids is 1. The number of hydrogen-bond donors (Lipinski definition) is 1. The third-order valence-corrected chi connectivity index (χ3v) is 5.72. The maximum absolute atomic E-state index is 12.5. The van der Waals surface area contributed by atoms with E-state index in [0.717, 1.165) is 42.4 Å². The maximum Gasteiger partial charge on any atom is 0.336 e. The highest BCUT2D eigenvalue weighted by molar-refractivity contribution is 5.88. The predicted molar refractivity (Wildman–Crippen MR) is 125 cm³/mol. The largest absolute Gasteiger partial charge is 0.507 e. The molecule has 0 unspecified atom stereocenters. The fraction of sp³-hybridized carbons (Fsp3) is 0.444. The van der Waals surface area contributed by atoms with E-state index in [4.69, 9.17) is 4.74 Å². The Balaban J connectivity index is 2.43. The molecule has 0 fully saturated rings. The number of aromatic hydroxyl groups is 1. The molecule has 0 amide bonds. The summed E-state index contributed by atoms with van der Waals surface area (Å²) in [7, 11) is 0. The van der Waals surface area contributed by atoms with Crippen molar-refractivity contribution in [3.63, 3.8) is 0 Å². The quantitative estimate of drug-likeness (QED) is 0.272. The smallest absolute Gasteiger partial charge is 0.336 e. The molecule has 2 rings (SSSR count). The molecule has 2 aromatic carbocycles. The molecule has 0 aliphatic rings. The minimum absolute atomic E-state index is 0.224. The summed E-state index contributed by atoms with van der Waals surface area (Å²) < 4.78 is 5.68. The Morgan fingerprint density at radius 3 is 1.90 bits per heavy atom. The molecule has 0 aliphatic heterocycles. The van der Waals surface area contributed by atoms with Crippen molar-refractivity contribution in [1.82, 2.24) is 0 Å². The van der Waals surface area contributed by atoms with Crippen molar-refractivity contribution in [2.24, 2.45) is 0 Å². The van der Waals surface area contributed by atoms with Crippen LogP contribution in [0, 0.1) is 0 Å². The summed E-state index contributed by atoms with van der Waals surface area (Å²) in [5.41, 5.74) is 2.16. The normalized spacial score (nSPS) is 12.3. The number of rotatable bonds is 9. The number of carbonyl (C=O) groups is 1. The lowest BCUT2D eigenvalue weighted by atomic mass is 9.74. The van der Waals surface area contributed by atoms with E-state index < -0.39 is 5.97 Å². The van der Waals surface area contributed by atoms with E-state index in [1.165, 1.54) is 6.08 Å². The van der Waals surface area contributed by atoms with E-state index in [1.807, 2.05) is 42.5 Å². The molecular weight excluding hydrogens is 372 g/mol. The van der Waals surface area contributed by atoms with Gasteiger partial charge in [-0.05, 0) is 47.4 Å². The zero-order valence-electron chi connectivity index (χ0n) is 19.3. The highest BCUT2D eigenvalue weighted by Gasteiger charge is 2.31. The van der Waals surface area contributed by atoms with Gasteiger partial charge in [-0.2, -0.15) is 0 Å². The third-order valence-electron chi connectivity index (χ3n) is 5.72.